The summed E-state index contributed by atoms with van der Waals surface area (Å²) in [5.41, 5.74) is 5.19. The molecule has 1 saturated heterocycles. The van der Waals surface area contributed by atoms with Gasteiger partial charge in [0.2, 0.25) is 22.8 Å². The van der Waals surface area contributed by atoms with Crippen LogP contribution < -0.4 is 26.0 Å². The molecule has 5 heterocycles. The Morgan fingerprint density at radius 3 is 2.95 bits per heavy atom. The lowest BCUT2D eigenvalue weighted by atomic mass is 10.0. The number of amides is 3. The lowest BCUT2D eigenvalue weighted by Crippen LogP contribution is -2.71. The largest absolute Gasteiger partial charge is 0.543 e. The molecule has 2 aliphatic heterocycles. The van der Waals surface area contributed by atoms with Crippen LogP contribution in [0.25, 0.3) is 4.83 Å². The number of hydrogen-bond donors (Lipinski definition) is 3. The standard InChI is InChI=1S/C21H20FN9O6S3/c1-9(24-8-32)17-29(5-11-30(17)2-3-38-11)4-10-6-39-19-13(18(34)31(19)14(10)20(35)36)25-16(33)12(27-37-7-22)15-26-21(23)40-28-15/h2-3,5,8-9,13,19H,4,6-7H2,1H3,(H4-,23,24,25,26,28,32,33,35,36)/b27-12+/t9-,13-,19-/m1/s1. The maximum atomic E-state index is 13.1. The van der Waals surface area contributed by atoms with Crippen LogP contribution in [0.1, 0.15) is 24.6 Å². The topological polar surface area (TPSA) is 200 Å². The molecule has 3 amide bonds. The molecule has 15 nitrogen and oxygen atoms in total. The van der Waals surface area contributed by atoms with E-state index in [9.17, 15) is 28.7 Å². The molecule has 0 saturated carbocycles. The van der Waals surface area contributed by atoms with E-state index in [2.05, 4.69) is 30.0 Å². The maximum Gasteiger partial charge on any atom is 0.285 e. The maximum absolute atomic E-state index is 13.1. The first-order valence-electron chi connectivity index (χ1n) is 11.5. The van der Waals surface area contributed by atoms with Crippen molar-refractivity contribution < 1.29 is 38.1 Å². The van der Waals surface area contributed by atoms with E-state index in [1.54, 1.807) is 6.92 Å². The number of rotatable bonds is 11. The number of nitrogens with one attached hydrogen (secondary N) is 2. The third-order valence-corrected chi connectivity index (χ3v) is 8.79. The zero-order chi connectivity index (χ0) is 28.6. The van der Waals surface area contributed by atoms with Crippen LogP contribution in [-0.4, -0.2) is 72.6 Å². The van der Waals surface area contributed by atoms with Crippen molar-refractivity contribution in [1.29, 1.82) is 0 Å². The summed E-state index contributed by atoms with van der Waals surface area (Å²) in [5.74, 6) is -2.45. The Morgan fingerprint density at radius 1 is 1.48 bits per heavy atom. The Balaban J connectivity index is 1.39. The molecule has 0 radical (unpaired) electrons. The fourth-order valence-electron chi connectivity index (χ4n) is 4.48. The third-order valence-electron chi connectivity index (χ3n) is 6.11. The summed E-state index contributed by atoms with van der Waals surface area (Å²) < 4.78 is 20.1. The van der Waals surface area contributed by atoms with Crippen molar-refractivity contribution in [3.63, 3.8) is 0 Å². The van der Waals surface area contributed by atoms with Crippen LogP contribution in [0.15, 0.2) is 34.2 Å². The molecule has 210 valence electrons. The minimum Gasteiger partial charge on any atom is -0.543 e. The van der Waals surface area contributed by atoms with E-state index in [1.807, 2.05) is 26.7 Å². The highest BCUT2D eigenvalue weighted by Crippen LogP contribution is 2.40. The predicted molar refractivity (Wildman–Crippen MR) is 138 cm³/mol. The highest BCUT2D eigenvalue weighted by atomic mass is 32.2. The Kier molecular flexibility index (Phi) is 7.68. The van der Waals surface area contributed by atoms with E-state index in [-0.39, 0.29) is 29.0 Å². The number of aromatic nitrogens is 4. The van der Waals surface area contributed by atoms with Crippen LogP contribution in [0, 0.1) is 0 Å². The van der Waals surface area contributed by atoms with Gasteiger partial charge in [-0.1, -0.05) is 16.5 Å². The van der Waals surface area contributed by atoms with Gasteiger partial charge in [0.1, 0.15) is 36.4 Å². The van der Waals surface area contributed by atoms with Crippen LogP contribution >= 0.6 is 34.6 Å². The van der Waals surface area contributed by atoms with Gasteiger partial charge < -0.3 is 31.1 Å². The van der Waals surface area contributed by atoms with E-state index in [0.29, 0.717) is 17.8 Å². The molecule has 0 bridgehead atoms. The summed E-state index contributed by atoms with van der Waals surface area (Å²) in [6, 6.07) is -1.50. The number of nitrogens with two attached hydrogens (primary N) is 1. The monoisotopic (exact) mass is 609 g/mol. The van der Waals surface area contributed by atoms with E-state index < -0.39 is 47.8 Å². The van der Waals surface area contributed by atoms with Crippen molar-refractivity contribution in [2.24, 2.45) is 5.16 Å². The number of nitrogen functional groups attached to an aromatic ring is 1. The van der Waals surface area contributed by atoms with Crippen molar-refractivity contribution >= 4 is 74.5 Å². The number of thioether (sulfide) groups is 1. The minimum atomic E-state index is -1.54. The molecule has 5 rings (SSSR count). The fraction of sp³-hybridized carbons (Fsp3) is 0.333. The van der Waals surface area contributed by atoms with Gasteiger partial charge in [-0.15, -0.1) is 11.8 Å². The quantitative estimate of drug-likeness (QED) is 0.0738. The van der Waals surface area contributed by atoms with E-state index >= 15 is 0 Å². The number of carboxylic acids is 1. The molecule has 2 aliphatic rings. The number of aliphatic carboxylic acids is 1. The molecule has 19 heteroatoms. The van der Waals surface area contributed by atoms with Crippen molar-refractivity contribution in [1.82, 2.24) is 29.3 Å². The molecule has 3 aromatic rings. The zero-order valence-corrected chi connectivity index (χ0v) is 22.9. The summed E-state index contributed by atoms with van der Waals surface area (Å²) in [6.07, 6.45) is 4.26. The van der Waals surface area contributed by atoms with Crippen molar-refractivity contribution in [2.45, 2.75) is 30.9 Å². The summed E-state index contributed by atoms with van der Waals surface area (Å²) in [6.45, 7) is 0.589. The molecule has 0 unspecified atom stereocenters. The number of anilines is 1. The van der Waals surface area contributed by atoms with Crippen molar-refractivity contribution in [3.05, 3.63) is 40.7 Å². The first-order chi connectivity index (χ1) is 19.2. The molecular weight excluding hydrogens is 589 g/mol. The van der Waals surface area contributed by atoms with Crippen LogP contribution in [0.4, 0.5) is 9.52 Å². The number of imidazole rings is 1. The van der Waals surface area contributed by atoms with E-state index in [0.717, 1.165) is 21.3 Å². The highest BCUT2D eigenvalue weighted by molar-refractivity contribution is 8.00. The highest BCUT2D eigenvalue weighted by Gasteiger charge is 2.53. The number of carbonyl (C=O) groups excluding carboxylic acids is 4. The number of nitrogens with zero attached hydrogens (tertiary/aromatic N) is 6. The van der Waals surface area contributed by atoms with Crippen LogP contribution in [-0.2, 0) is 30.6 Å². The second-order valence-electron chi connectivity index (χ2n) is 8.47. The normalized spacial score (nSPS) is 19.7. The molecular formula is C21H20FN9O6S3. The molecule has 3 aromatic heterocycles. The molecule has 0 aliphatic carbocycles. The lowest BCUT2D eigenvalue weighted by molar-refractivity contribution is -0.696. The van der Waals surface area contributed by atoms with Gasteiger partial charge in [-0.05, 0) is 6.92 Å². The second kappa shape index (κ2) is 11.2. The second-order valence-corrected chi connectivity index (χ2v) is 11.3. The number of oxime groups is 1. The molecule has 40 heavy (non-hydrogen) atoms. The molecule has 0 spiro atoms. The number of thiazole rings is 1. The number of halogens is 1. The number of fused-ring (bicyclic) bond motifs is 2. The summed E-state index contributed by atoms with van der Waals surface area (Å²) in [5, 5.41) is 22.0. The average molecular weight is 610 g/mol. The first-order valence-corrected chi connectivity index (χ1v) is 14.2. The van der Waals surface area contributed by atoms with Crippen LogP contribution in [0.2, 0.25) is 0 Å². The van der Waals surface area contributed by atoms with Crippen LogP contribution in [0.3, 0.4) is 0 Å². The summed E-state index contributed by atoms with van der Waals surface area (Å²) >= 11 is 3.50. The number of hydrogen-bond acceptors (Lipinski definition) is 13. The van der Waals surface area contributed by atoms with Gasteiger partial charge in [0, 0.05) is 28.2 Å². The molecule has 1 fully saturated rings. The summed E-state index contributed by atoms with van der Waals surface area (Å²) in [4.78, 5) is 59.5. The van der Waals surface area contributed by atoms with Gasteiger partial charge in [0.25, 0.3) is 24.5 Å². The van der Waals surface area contributed by atoms with Gasteiger partial charge in [-0.2, -0.15) is 13.8 Å². The fourth-order valence-corrected chi connectivity index (χ4v) is 7.03. The van der Waals surface area contributed by atoms with Crippen molar-refractivity contribution in [2.75, 3.05) is 18.3 Å². The Hall–Kier alpha value is -4.10. The number of β-lactam (4-membered cyclic amide) rings is 1. The minimum absolute atomic E-state index is 0.0289. The molecule has 0 aromatic carbocycles. The summed E-state index contributed by atoms with van der Waals surface area (Å²) in [7, 11) is 0. The predicted octanol–water partition coefficient (Wildman–Crippen LogP) is -1.72. The number of carboxylic acid groups (broad SMARTS) is 1. The zero-order valence-electron chi connectivity index (χ0n) is 20.5. The van der Waals surface area contributed by atoms with Gasteiger partial charge in [0.15, 0.2) is 5.13 Å². The SMILES string of the molecule is C[C@@H](NC=O)c1n2ccsc2c[n+]1CC1=C(C(=O)[O-])N2C(=O)[C@@H](NC(=O)/C(=N/OCF)c3nsc(N)n3)[C@H]2SC1. The van der Waals surface area contributed by atoms with Crippen molar-refractivity contribution in [3.8, 4) is 0 Å². The molecule has 4 N–H and O–H groups in total. The Morgan fingerprint density at radius 2 is 2.27 bits per heavy atom. The average Bonchev–Trinajstić information content (AvgIpc) is 3.63. The molecule has 3 atom stereocenters. The first kappa shape index (κ1) is 27.5. The van der Waals surface area contributed by atoms with Gasteiger partial charge in [0.05, 0.1) is 11.7 Å². The van der Waals surface area contributed by atoms with Crippen LogP contribution in [0.5, 0.6) is 0 Å². The van der Waals surface area contributed by atoms with E-state index in [4.69, 9.17) is 5.73 Å². The van der Waals surface area contributed by atoms with E-state index in [1.165, 1.54) is 23.1 Å². The number of carbonyl (C=O) groups is 4. The third kappa shape index (κ3) is 4.86. The number of alkyl halides is 1. The smallest absolute Gasteiger partial charge is 0.285 e. The van der Waals surface area contributed by atoms with Gasteiger partial charge in [-0.25, -0.2) is 8.96 Å². The van der Waals surface area contributed by atoms with Gasteiger partial charge in [-0.3, -0.25) is 19.3 Å². The van der Waals surface area contributed by atoms with Gasteiger partial charge >= 0.3 is 0 Å². The lowest BCUT2D eigenvalue weighted by Gasteiger charge is -2.50. The Bertz CT molecular complexity index is 1570. The Labute approximate surface area is 236 Å².